The van der Waals surface area contributed by atoms with E-state index in [0.717, 1.165) is 16.9 Å². The minimum Gasteiger partial charge on any atom is -0.457 e. The molecule has 0 aliphatic rings. The number of halogens is 2. The molecule has 0 bridgehead atoms. The minimum absolute atomic E-state index is 0.0807. The summed E-state index contributed by atoms with van der Waals surface area (Å²) in [5.74, 6) is -0.118. The number of esters is 1. The normalized spacial score (nSPS) is 10.5. The van der Waals surface area contributed by atoms with Gasteiger partial charge in [0.25, 0.3) is 5.91 Å². The molecule has 2 N–H and O–H groups in total. The van der Waals surface area contributed by atoms with Gasteiger partial charge in [-0.1, -0.05) is 17.7 Å². The Labute approximate surface area is 223 Å². The Hall–Kier alpha value is -3.36. The van der Waals surface area contributed by atoms with Gasteiger partial charge >= 0.3 is 5.97 Å². The average Bonchev–Trinajstić information content (AvgIpc) is 2.82. The Bertz CT molecular complexity index is 1260. The van der Waals surface area contributed by atoms with Crippen molar-refractivity contribution >= 4 is 56.7 Å². The molecule has 3 rings (SSSR count). The Morgan fingerprint density at radius 1 is 0.833 bits per heavy atom. The zero-order chi connectivity index (χ0) is 26.2. The van der Waals surface area contributed by atoms with E-state index in [1.807, 2.05) is 26.0 Å². The summed E-state index contributed by atoms with van der Waals surface area (Å²) in [5, 5.41) is 5.85. The molecule has 0 saturated heterocycles. The third kappa shape index (κ3) is 8.10. The summed E-state index contributed by atoms with van der Waals surface area (Å²) in [5.41, 5.74) is 4.00. The number of rotatable bonds is 9. The summed E-state index contributed by atoms with van der Waals surface area (Å²) in [6.45, 7) is 5.31. The molecular weight excluding hydrogens is 548 g/mol. The molecule has 0 radical (unpaired) electrons. The van der Waals surface area contributed by atoms with E-state index in [1.54, 1.807) is 43.3 Å². The van der Waals surface area contributed by atoms with E-state index in [4.69, 9.17) is 21.1 Å². The van der Waals surface area contributed by atoms with Gasteiger partial charge in [-0.2, -0.15) is 0 Å². The van der Waals surface area contributed by atoms with Gasteiger partial charge in [-0.05, 0) is 102 Å². The number of ether oxygens (including phenoxy) is 2. The molecule has 3 aromatic rings. The molecule has 0 aliphatic carbocycles. The molecule has 0 spiro atoms. The van der Waals surface area contributed by atoms with Crippen molar-refractivity contribution < 1.29 is 23.9 Å². The maximum atomic E-state index is 12.2. The number of hydrogen-bond acceptors (Lipinski definition) is 5. The molecule has 0 heterocycles. The number of benzene rings is 3. The Morgan fingerprint density at radius 2 is 1.50 bits per heavy atom. The number of carbonyl (C=O) groups is 3. The number of nitrogens with one attached hydrogen (secondary N) is 2. The van der Waals surface area contributed by atoms with Crippen LogP contribution in [-0.2, 0) is 19.1 Å². The van der Waals surface area contributed by atoms with Gasteiger partial charge < -0.3 is 20.1 Å². The number of amides is 2. The van der Waals surface area contributed by atoms with Gasteiger partial charge in [0.2, 0.25) is 5.91 Å². The van der Waals surface area contributed by atoms with Crippen LogP contribution in [0, 0.1) is 20.8 Å². The molecule has 3 aromatic carbocycles. The molecule has 0 saturated carbocycles. The molecule has 0 atom stereocenters. The summed E-state index contributed by atoms with van der Waals surface area (Å²) in [7, 11) is 0. The second kappa shape index (κ2) is 12.6. The van der Waals surface area contributed by atoms with Gasteiger partial charge in [-0.25, -0.2) is 0 Å². The summed E-state index contributed by atoms with van der Waals surface area (Å²) in [4.78, 5) is 36.2. The number of anilines is 2. The minimum atomic E-state index is -0.650. The first-order valence-electron chi connectivity index (χ1n) is 11.2. The quantitative estimate of drug-likeness (QED) is 0.277. The van der Waals surface area contributed by atoms with E-state index >= 15 is 0 Å². The van der Waals surface area contributed by atoms with E-state index in [1.165, 1.54) is 0 Å². The summed E-state index contributed by atoms with van der Waals surface area (Å²) in [6, 6.07) is 16.3. The lowest BCUT2D eigenvalue weighted by molar-refractivity contribution is -0.147. The molecule has 9 heteroatoms. The Kier molecular flexibility index (Phi) is 9.50. The van der Waals surface area contributed by atoms with Crippen LogP contribution in [-0.4, -0.2) is 24.4 Å². The first-order chi connectivity index (χ1) is 17.1. The summed E-state index contributed by atoms with van der Waals surface area (Å²) >= 11 is 9.46. The molecule has 2 amide bonds. The average molecular weight is 574 g/mol. The maximum absolute atomic E-state index is 12.2. The second-order valence-corrected chi connectivity index (χ2v) is 9.47. The van der Waals surface area contributed by atoms with Crippen LogP contribution < -0.4 is 15.4 Å². The lowest BCUT2D eigenvalue weighted by atomic mass is 10.1. The van der Waals surface area contributed by atoms with Crippen LogP contribution in [0.4, 0.5) is 11.4 Å². The van der Waals surface area contributed by atoms with Gasteiger partial charge in [0.1, 0.15) is 11.5 Å². The van der Waals surface area contributed by atoms with Crippen molar-refractivity contribution in [3.8, 4) is 11.5 Å². The van der Waals surface area contributed by atoms with Crippen LogP contribution in [0.15, 0.2) is 59.1 Å². The number of hydrogen-bond donors (Lipinski definition) is 2. The maximum Gasteiger partial charge on any atom is 0.306 e. The Balaban J connectivity index is 1.40. The molecule has 0 fully saturated rings. The van der Waals surface area contributed by atoms with Crippen LogP contribution >= 0.6 is 27.5 Å². The Morgan fingerprint density at radius 3 is 2.17 bits per heavy atom. The highest BCUT2D eigenvalue weighted by atomic mass is 79.9. The number of carbonyl (C=O) groups excluding carboxylic acids is 3. The molecular formula is C27H26BrClN2O5. The standard InChI is InChI=1S/C27H26BrClN2O5/c1-16-12-17(2)14-21(13-16)36-20-6-4-19(5-7-20)30-24(32)10-11-26(34)35-15-25(33)31-23-9-8-22(28)27(29)18(23)3/h4-9,12-14H,10-11,15H2,1-3H3,(H,30,32)(H,31,33). The molecule has 188 valence electrons. The van der Waals surface area contributed by atoms with Gasteiger partial charge in [-0.15, -0.1) is 0 Å². The lowest BCUT2D eigenvalue weighted by Crippen LogP contribution is -2.22. The highest BCUT2D eigenvalue weighted by molar-refractivity contribution is 9.10. The van der Waals surface area contributed by atoms with E-state index < -0.39 is 18.5 Å². The smallest absolute Gasteiger partial charge is 0.306 e. The van der Waals surface area contributed by atoms with Crippen LogP contribution in [0.5, 0.6) is 11.5 Å². The molecule has 0 unspecified atom stereocenters. The van der Waals surface area contributed by atoms with Crippen molar-refractivity contribution in [1.82, 2.24) is 0 Å². The molecule has 7 nitrogen and oxygen atoms in total. The molecule has 0 aromatic heterocycles. The van der Waals surface area contributed by atoms with Crippen LogP contribution in [0.2, 0.25) is 5.02 Å². The number of aryl methyl sites for hydroxylation is 2. The topological polar surface area (TPSA) is 93.7 Å². The highest BCUT2D eigenvalue weighted by Crippen LogP contribution is 2.31. The predicted octanol–water partition coefficient (Wildman–Crippen LogP) is 6.72. The van der Waals surface area contributed by atoms with Gasteiger partial charge in [0.05, 0.1) is 11.4 Å². The summed E-state index contributed by atoms with van der Waals surface area (Å²) < 4.78 is 11.5. The van der Waals surface area contributed by atoms with Gasteiger partial charge in [0, 0.05) is 22.3 Å². The van der Waals surface area contributed by atoms with Gasteiger partial charge in [-0.3, -0.25) is 14.4 Å². The van der Waals surface area contributed by atoms with Crippen molar-refractivity contribution in [3.63, 3.8) is 0 Å². The predicted molar refractivity (Wildman–Crippen MR) is 144 cm³/mol. The van der Waals surface area contributed by atoms with Crippen molar-refractivity contribution in [1.29, 1.82) is 0 Å². The monoisotopic (exact) mass is 572 g/mol. The fourth-order valence-corrected chi connectivity index (χ4v) is 3.96. The van der Waals surface area contributed by atoms with E-state index in [0.29, 0.717) is 32.2 Å². The fourth-order valence-electron chi connectivity index (χ4n) is 3.37. The molecule has 0 aliphatic heterocycles. The zero-order valence-electron chi connectivity index (χ0n) is 20.1. The lowest BCUT2D eigenvalue weighted by Gasteiger charge is -2.11. The first kappa shape index (κ1) is 27.2. The van der Waals surface area contributed by atoms with Crippen molar-refractivity contribution in [2.24, 2.45) is 0 Å². The SMILES string of the molecule is Cc1cc(C)cc(Oc2ccc(NC(=O)CCC(=O)OCC(=O)Nc3ccc(Br)c(Cl)c3C)cc2)c1. The van der Waals surface area contributed by atoms with E-state index in [-0.39, 0.29) is 18.7 Å². The van der Waals surface area contributed by atoms with Crippen molar-refractivity contribution in [2.75, 3.05) is 17.2 Å². The van der Waals surface area contributed by atoms with Crippen LogP contribution in [0.3, 0.4) is 0 Å². The van der Waals surface area contributed by atoms with Crippen LogP contribution in [0.1, 0.15) is 29.5 Å². The fraction of sp³-hybridized carbons (Fsp3) is 0.222. The van der Waals surface area contributed by atoms with E-state index in [2.05, 4.69) is 32.6 Å². The van der Waals surface area contributed by atoms with Crippen molar-refractivity contribution in [3.05, 3.63) is 80.8 Å². The van der Waals surface area contributed by atoms with Crippen LogP contribution in [0.25, 0.3) is 0 Å². The van der Waals surface area contributed by atoms with E-state index in [9.17, 15) is 14.4 Å². The zero-order valence-corrected chi connectivity index (χ0v) is 22.5. The second-order valence-electron chi connectivity index (χ2n) is 8.24. The molecule has 36 heavy (non-hydrogen) atoms. The van der Waals surface area contributed by atoms with Crippen molar-refractivity contribution in [2.45, 2.75) is 33.6 Å². The first-order valence-corrected chi connectivity index (χ1v) is 12.3. The third-order valence-corrected chi connectivity index (χ3v) is 6.48. The summed E-state index contributed by atoms with van der Waals surface area (Å²) in [6.07, 6.45) is -0.237. The highest BCUT2D eigenvalue weighted by Gasteiger charge is 2.13. The van der Waals surface area contributed by atoms with Gasteiger partial charge in [0.15, 0.2) is 6.61 Å². The third-order valence-electron chi connectivity index (χ3n) is 5.10. The largest absolute Gasteiger partial charge is 0.457 e.